The highest BCUT2D eigenvalue weighted by molar-refractivity contribution is 6.30. The Kier molecular flexibility index (Phi) is 15.8. The summed E-state index contributed by atoms with van der Waals surface area (Å²) < 4.78 is 0. The molecular formula is C33H50ClN3. The Morgan fingerprint density at radius 3 is 2.51 bits per heavy atom. The van der Waals surface area contributed by atoms with Crippen LogP contribution in [0.25, 0.3) is 6.08 Å². The van der Waals surface area contributed by atoms with Gasteiger partial charge in [-0.15, -0.1) is 0 Å². The zero-order valence-corrected chi connectivity index (χ0v) is 25.1. The van der Waals surface area contributed by atoms with Crippen LogP contribution in [0.15, 0.2) is 53.9 Å². The lowest BCUT2D eigenvalue weighted by Crippen LogP contribution is -2.20. The second-order valence-corrected chi connectivity index (χ2v) is 10.3. The van der Waals surface area contributed by atoms with Gasteiger partial charge in [-0.2, -0.15) is 0 Å². The number of rotatable bonds is 17. The Hall–Kier alpha value is -2.41. The largest absolute Gasteiger partial charge is 0.387 e. The van der Waals surface area contributed by atoms with Gasteiger partial charge in [-0.1, -0.05) is 69.5 Å². The Morgan fingerprint density at radius 2 is 1.95 bits per heavy atom. The molecule has 2 N–H and O–H groups in total. The molecule has 0 radical (unpaired) electrons. The number of allylic oxidation sites excluding steroid dienone is 3. The number of nitrogens with one attached hydrogen (secondary N) is 2. The van der Waals surface area contributed by atoms with Crippen molar-refractivity contribution < 1.29 is 0 Å². The second kappa shape index (κ2) is 17.9. The van der Waals surface area contributed by atoms with Gasteiger partial charge in [0.25, 0.3) is 0 Å². The molecule has 1 rings (SSSR count). The van der Waals surface area contributed by atoms with E-state index in [1.807, 2.05) is 18.9 Å². The minimum absolute atomic E-state index is 0.428. The fraction of sp³-hybridized carbons (Fsp3) is 0.515. The molecule has 1 aromatic rings. The molecule has 37 heavy (non-hydrogen) atoms. The highest BCUT2D eigenvalue weighted by Crippen LogP contribution is 2.37. The first kappa shape index (κ1) is 32.6. The van der Waals surface area contributed by atoms with E-state index in [9.17, 15) is 0 Å². The van der Waals surface area contributed by atoms with E-state index in [4.69, 9.17) is 18.0 Å². The smallest absolute Gasteiger partial charge is 0.0414 e. The molecule has 0 saturated carbocycles. The molecule has 0 heterocycles. The number of unbranched alkanes of at least 4 members (excludes halogenated alkanes) is 1. The van der Waals surface area contributed by atoms with E-state index >= 15 is 0 Å². The highest BCUT2D eigenvalue weighted by Gasteiger charge is 2.23. The van der Waals surface area contributed by atoms with Gasteiger partial charge in [0.15, 0.2) is 0 Å². The second-order valence-electron chi connectivity index (χ2n) is 9.84. The maximum Gasteiger partial charge on any atom is 0.0414 e. The van der Waals surface area contributed by atoms with Crippen LogP contribution in [0.3, 0.4) is 0 Å². The molecule has 0 aliphatic rings. The first-order chi connectivity index (χ1) is 17.8. The summed E-state index contributed by atoms with van der Waals surface area (Å²) in [6.07, 6.45) is 19.9. The summed E-state index contributed by atoms with van der Waals surface area (Å²) in [5.41, 5.74) is 7.47. The molecule has 0 aliphatic heterocycles. The molecular weight excluding hydrogens is 474 g/mol. The van der Waals surface area contributed by atoms with Crippen molar-refractivity contribution in [2.45, 2.75) is 79.6 Å². The summed E-state index contributed by atoms with van der Waals surface area (Å²) in [4.78, 5) is 1.98. The Bertz CT molecular complexity index is 972. The molecule has 0 saturated heterocycles. The summed E-state index contributed by atoms with van der Waals surface area (Å²) in [7, 11) is 2.04. The number of aryl methyl sites for hydroxylation is 1. The van der Waals surface area contributed by atoms with Crippen molar-refractivity contribution in [2.75, 3.05) is 26.7 Å². The van der Waals surface area contributed by atoms with E-state index in [0.29, 0.717) is 11.8 Å². The third-order valence-corrected chi connectivity index (χ3v) is 7.59. The minimum Gasteiger partial charge on any atom is -0.387 e. The van der Waals surface area contributed by atoms with Crippen LogP contribution in [0.2, 0.25) is 5.02 Å². The summed E-state index contributed by atoms with van der Waals surface area (Å²) in [5.74, 6) is 1.04. The monoisotopic (exact) mass is 523 g/mol. The molecule has 1 aromatic carbocycles. The SMILES string of the molecule is C#CN(CCC(=C/c1cc(Cl)cc(C)c1C(C)C(CCCC)CCNC)/C(=C/C)CNC=C)/C(C)=C\C. The molecule has 0 bridgehead atoms. The molecule has 2 unspecified atom stereocenters. The van der Waals surface area contributed by atoms with E-state index in [-0.39, 0.29) is 0 Å². The van der Waals surface area contributed by atoms with Gasteiger partial charge in [-0.05, 0) is 119 Å². The van der Waals surface area contributed by atoms with E-state index in [0.717, 1.165) is 36.8 Å². The van der Waals surface area contributed by atoms with E-state index in [2.05, 4.69) is 88.2 Å². The number of hydrogen-bond donors (Lipinski definition) is 2. The van der Waals surface area contributed by atoms with Crippen molar-refractivity contribution in [1.29, 1.82) is 0 Å². The van der Waals surface area contributed by atoms with Crippen LogP contribution in [-0.4, -0.2) is 31.6 Å². The number of nitrogens with zero attached hydrogens (tertiary/aromatic N) is 1. The van der Waals surface area contributed by atoms with E-state index < -0.39 is 0 Å². The van der Waals surface area contributed by atoms with Gasteiger partial charge < -0.3 is 15.5 Å². The normalized spacial score (nSPS) is 14.2. The molecule has 0 amide bonds. The fourth-order valence-electron chi connectivity index (χ4n) is 5.02. The topological polar surface area (TPSA) is 27.3 Å². The summed E-state index contributed by atoms with van der Waals surface area (Å²) in [5, 5.41) is 7.42. The number of terminal acetylenes is 1. The quantitative estimate of drug-likeness (QED) is 0.122. The van der Waals surface area contributed by atoms with Crippen molar-refractivity contribution in [2.24, 2.45) is 5.92 Å². The maximum atomic E-state index is 6.64. The van der Waals surface area contributed by atoms with E-state index in [1.54, 1.807) is 6.20 Å². The first-order valence-electron chi connectivity index (χ1n) is 13.8. The van der Waals surface area contributed by atoms with Crippen molar-refractivity contribution in [3.63, 3.8) is 0 Å². The molecule has 2 atom stereocenters. The van der Waals surface area contributed by atoms with Crippen LogP contribution >= 0.6 is 11.6 Å². The summed E-state index contributed by atoms with van der Waals surface area (Å²) in [6, 6.07) is 7.09. The highest BCUT2D eigenvalue weighted by atomic mass is 35.5. The van der Waals surface area contributed by atoms with Crippen LogP contribution in [0.4, 0.5) is 0 Å². The van der Waals surface area contributed by atoms with Crippen molar-refractivity contribution >= 4 is 17.7 Å². The lowest BCUT2D eigenvalue weighted by Gasteiger charge is -2.28. The van der Waals surface area contributed by atoms with Gasteiger partial charge in [0.1, 0.15) is 0 Å². The molecule has 4 heteroatoms. The van der Waals surface area contributed by atoms with Gasteiger partial charge in [0.05, 0.1) is 0 Å². The van der Waals surface area contributed by atoms with Crippen LogP contribution < -0.4 is 10.6 Å². The van der Waals surface area contributed by atoms with Crippen LogP contribution in [0, 0.1) is 25.3 Å². The standard InChI is InChI=1S/C33H50ClN3/c1-10-15-16-29(17-19-35-9)27(8)33-25(6)21-32(34)23-31(33)22-30(28(12-3)24-36-13-4)18-20-37(14-5)26(7)11-2/h5,11-13,21-23,27,29,35-36H,4,10,15-20,24H2,1-3,6-9H3/b26-11-,28-12+,30-22-. The Labute approximate surface area is 233 Å². The lowest BCUT2D eigenvalue weighted by molar-refractivity contribution is 0.371. The zero-order valence-electron chi connectivity index (χ0n) is 24.4. The van der Waals surface area contributed by atoms with Crippen LogP contribution in [0.5, 0.6) is 0 Å². The molecule has 204 valence electrons. The van der Waals surface area contributed by atoms with E-state index in [1.165, 1.54) is 53.5 Å². The molecule has 3 nitrogen and oxygen atoms in total. The maximum absolute atomic E-state index is 6.64. The number of hydrogen-bond acceptors (Lipinski definition) is 3. The van der Waals surface area contributed by atoms with Crippen molar-refractivity contribution in [3.05, 3.63) is 75.6 Å². The lowest BCUT2D eigenvalue weighted by atomic mass is 9.78. The van der Waals surface area contributed by atoms with Gasteiger partial charge in [0, 0.05) is 29.9 Å². The Balaban J connectivity index is 3.62. The van der Waals surface area contributed by atoms with Crippen LogP contribution in [-0.2, 0) is 0 Å². The Morgan fingerprint density at radius 1 is 1.22 bits per heavy atom. The summed E-state index contributed by atoms with van der Waals surface area (Å²) >= 11 is 6.64. The third kappa shape index (κ3) is 10.5. The predicted octanol–water partition coefficient (Wildman–Crippen LogP) is 8.44. The van der Waals surface area contributed by atoms with Gasteiger partial charge in [-0.3, -0.25) is 0 Å². The van der Waals surface area contributed by atoms with Gasteiger partial charge in [-0.25, -0.2) is 0 Å². The average molecular weight is 524 g/mol. The third-order valence-electron chi connectivity index (χ3n) is 7.37. The van der Waals surface area contributed by atoms with Crippen LogP contribution in [0.1, 0.15) is 89.3 Å². The van der Waals surface area contributed by atoms with Gasteiger partial charge >= 0.3 is 0 Å². The molecule has 0 fully saturated rings. The molecule has 0 aromatic heterocycles. The average Bonchev–Trinajstić information content (AvgIpc) is 2.88. The molecule has 0 aliphatic carbocycles. The van der Waals surface area contributed by atoms with Gasteiger partial charge in [0.2, 0.25) is 0 Å². The summed E-state index contributed by atoms with van der Waals surface area (Å²) in [6.45, 7) is 19.4. The number of benzene rings is 1. The first-order valence-corrected chi connectivity index (χ1v) is 14.2. The van der Waals surface area contributed by atoms with Crippen molar-refractivity contribution in [3.8, 4) is 12.5 Å². The minimum atomic E-state index is 0.428. The number of halogens is 1. The predicted molar refractivity (Wildman–Crippen MR) is 166 cm³/mol. The molecule has 0 spiro atoms. The fourth-order valence-corrected chi connectivity index (χ4v) is 5.31. The van der Waals surface area contributed by atoms with Crippen molar-refractivity contribution in [1.82, 2.24) is 15.5 Å². The zero-order chi connectivity index (χ0) is 27.8.